The number of ether oxygens (including phenoxy) is 2. The Labute approximate surface area is 181 Å². The zero-order chi connectivity index (χ0) is 22.1. The fraction of sp³-hybridized carbons (Fsp3) is 0.600. The van der Waals surface area contributed by atoms with E-state index in [1.54, 1.807) is 14.0 Å². The molecule has 0 aromatic heterocycles. The minimum atomic E-state index is -0.465. The quantitative estimate of drug-likeness (QED) is 0.708. The second-order valence-corrected chi connectivity index (χ2v) is 8.01. The van der Waals surface area contributed by atoms with Gasteiger partial charge in [0.05, 0.1) is 12.5 Å². The first-order valence-corrected chi connectivity index (χ1v) is 10.8. The van der Waals surface area contributed by atoms with Crippen LogP contribution in [0.25, 0.3) is 0 Å². The van der Waals surface area contributed by atoms with Crippen LogP contribution in [-0.2, 0) is 19.1 Å². The van der Waals surface area contributed by atoms with Gasteiger partial charge in [0, 0.05) is 38.8 Å². The summed E-state index contributed by atoms with van der Waals surface area (Å²) >= 11 is 0. The van der Waals surface area contributed by atoms with E-state index in [4.69, 9.17) is 9.47 Å². The lowest BCUT2D eigenvalue weighted by atomic mass is 9.85. The molecule has 164 valence electrons. The maximum absolute atomic E-state index is 13.2. The van der Waals surface area contributed by atoms with Gasteiger partial charge in [-0.15, -0.1) is 5.92 Å². The topological polar surface area (TPSA) is 55.8 Å². The van der Waals surface area contributed by atoms with Crippen molar-refractivity contribution in [2.45, 2.75) is 65.4 Å². The van der Waals surface area contributed by atoms with Crippen LogP contribution in [0.4, 0.5) is 0 Å². The van der Waals surface area contributed by atoms with E-state index in [2.05, 4.69) is 24.0 Å². The van der Waals surface area contributed by atoms with Gasteiger partial charge in [0.15, 0.2) is 0 Å². The number of carbonyl (C=O) groups is 2. The standard InChI is InChI=1S/C25H35NO4/c1-6-10-21-15-18(2)24(19(3)16-21)22-17-30-14-8-7-12-26(13-9-11-23(22)27)25(28)20(4)29-5/h15-16,20,22H,7-9,11-14,17H2,1-5H3/t20-,22?/m0/s1. The maximum Gasteiger partial charge on any atom is 0.251 e. The first-order valence-electron chi connectivity index (χ1n) is 10.8. The molecule has 0 aliphatic carbocycles. The van der Waals surface area contributed by atoms with Crippen molar-refractivity contribution in [1.82, 2.24) is 4.90 Å². The molecule has 1 aromatic rings. The first kappa shape index (κ1) is 24.1. The van der Waals surface area contributed by atoms with E-state index in [-0.39, 0.29) is 17.6 Å². The number of carbonyl (C=O) groups excluding carboxylic acids is 2. The molecule has 1 fully saturated rings. The molecule has 1 aliphatic rings. The monoisotopic (exact) mass is 413 g/mol. The van der Waals surface area contributed by atoms with Gasteiger partial charge in [-0.25, -0.2) is 0 Å². The molecule has 0 radical (unpaired) electrons. The fourth-order valence-corrected chi connectivity index (χ4v) is 4.09. The third kappa shape index (κ3) is 6.42. The van der Waals surface area contributed by atoms with Gasteiger partial charge in [-0.2, -0.15) is 0 Å². The summed E-state index contributed by atoms with van der Waals surface area (Å²) in [5.41, 5.74) is 4.18. The lowest BCUT2D eigenvalue weighted by Gasteiger charge is -2.27. The van der Waals surface area contributed by atoms with Crippen molar-refractivity contribution in [3.8, 4) is 11.8 Å². The Hall–Kier alpha value is -2.16. The largest absolute Gasteiger partial charge is 0.380 e. The molecule has 1 saturated heterocycles. The summed E-state index contributed by atoms with van der Waals surface area (Å²) in [6, 6.07) is 4.10. The number of rotatable bonds is 3. The number of aryl methyl sites for hydroxylation is 2. The van der Waals surface area contributed by atoms with Gasteiger partial charge in [0.1, 0.15) is 11.9 Å². The molecule has 1 heterocycles. The SMILES string of the molecule is CC#Cc1cc(C)c(C2COCCCCN(C(=O)[C@H](C)OC)CCCC2=O)c(C)c1. The molecule has 2 rings (SSSR count). The van der Waals surface area contributed by atoms with Gasteiger partial charge < -0.3 is 14.4 Å². The number of nitrogens with zero attached hydrogens (tertiary/aromatic N) is 1. The molecular formula is C25H35NO4. The highest BCUT2D eigenvalue weighted by Crippen LogP contribution is 2.28. The lowest BCUT2D eigenvalue weighted by Crippen LogP contribution is -2.40. The van der Waals surface area contributed by atoms with E-state index in [0.717, 1.165) is 35.1 Å². The van der Waals surface area contributed by atoms with Gasteiger partial charge in [0.2, 0.25) is 0 Å². The first-order chi connectivity index (χ1) is 14.4. The predicted molar refractivity (Wildman–Crippen MR) is 119 cm³/mol. The molecular weight excluding hydrogens is 378 g/mol. The Morgan fingerprint density at radius 2 is 1.87 bits per heavy atom. The van der Waals surface area contributed by atoms with Crippen molar-refractivity contribution < 1.29 is 19.1 Å². The molecule has 1 aromatic carbocycles. The van der Waals surface area contributed by atoms with Gasteiger partial charge in [-0.1, -0.05) is 5.92 Å². The van der Waals surface area contributed by atoms with E-state index in [1.807, 2.05) is 25.7 Å². The third-order valence-electron chi connectivity index (χ3n) is 5.72. The number of hydrogen-bond donors (Lipinski definition) is 0. The average Bonchev–Trinajstić information content (AvgIpc) is 2.70. The fourth-order valence-electron chi connectivity index (χ4n) is 4.09. The highest BCUT2D eigenvalue weighted by atomic mass is 16.5. The lowest BCUT2D eigenvalue weighted by molar-refractivity contribution is -0.141. The Balaban J connectivity index is 2.20. The van der Waals surface area contributed by atoms with Crippen LogP contribution in [0.2, 0.25) is 0 Å². The van der Waals surface area contributed by atoms with Crippen LogP contribution in [0.1, 0.15) is 67.7 Å². The normalized spacial score (nSPS) is 19.8. The summed E-state index contributed by atoms with van der Waals surface area (Å²) in [5, 5.41) is 0. The second-order valence-electron chi connectivity index (χ2n) is 8.01. The van der Waals surface area contributed by atoms with Gasteiger partial charge >= 0.3 is 0 Å². The molecule has 2 atom stereocenters. The van der Waals surface area contributed by atoms with Crippen molar-refractivity contribution >= 4 is 11.7 Å². The maximum atomic E-state index is 13.2. The smallest absolute Gasteiger partial charge is 0.251 e. The zero-order valence-electron chi connectivity index (χ0n) is 19.0. The van der Waals surface area contributed by atoms with Gasteiger partial charge in [-0.3, -0.25) is 9.59 Å². The van der Waals surface area contributed by atoms with E-state index < -0.39 is 6.10 Å². The van der Waals surface area contributed by atoms with Crippen molar-refractivity contribution in [1.29, 1.82) is 0 Å². The number of benzene rings is 1. The Morgan fingerprint density at radius 1 is 1.20 bits per heavy atom. The molecule has 1 aliphatic heterocycles. The van der Waals surface area contributed by atoms with Crippen molar-refractivity contribution in [3.63, 3.8) is 0 Å². The Bertz CT molecular complexity index is 782. The molecule has 5 heteroatoms. The van der Waals surface area contributed by atoms with Gasteiger partial charge in [0.25, 0.3) is 5.91 Å². The molecule has 30 heavy (non-hydrogen) atoms. The summed E-state index contributed by atoms with van der Waals surface area (Å²) < 4.78 is 11.1. The van der Waals surface area contributed by atoms with Crippen molar-refractivity contribution in [3.05, 3.63) is 34.4 Å². The Morgan fingerprint density at radius 3 is 2.50 bits per heavy atom. The minimum absolute atomic E-state index is 0.0150. The second kappa shape index (κ2) is 11.9. The molecule has 0 spiro atoms. The van der Waals surface area contributed by atoms with Crippen LogP contribution in [0.15, 0.2) is 12.1 Å². The Kier molecular flexibility index (Phi) is 9.55. The molecule has 5 nitrogen and oxygen atoms in total. The summed E-state index contributed by atoms with van der Waals surface area (Å²) in [7, 11) is 1.54. The summed E-state index contributed by atoms with van der Waals surface area (Å²) in [6.07, 6.45) is 2.34. The number of Topliss-reactive ketones (excluding diaryl/α,β-unsaturated/α-hetero) is 1. The van der Waals surface area contributed by atoms with E-state index >= 15 is 0 Å². The van der Waals surface area contributed by atoms with Crippen LogP contribution < -0.4 is 0 Å². The summed E-state index contributed by atoms with van der Waals surface area (Å²) in [5.74, 6) is 5.91. The van der Waals surface area contributed by atoms with Crippen molar-refractivity contribution in [2.24, 2.45) is 0 Å². The molecule has 0 N–H and O–H groups in total. The molecule has 0 saturated carbocycles. The number of ketones is 1. The zero-order valence-corrected chi connectivity index (χ0v) is 19.0. The van der Waals surface area contributed by atoms with Crippen LogP contribution in [0, 0.1) is 25.7 Å². The molecule has 1 amide bonds. The van der Waals surface area contributed by atoms with E-state index in [9.17, 15) is 9.59 Å². The summed E-state index contributed by atoms with van der Waals surface area (Å²) in [4.78, 5) is 27.6. The minimum Gasteiger partial charge on any atom is -0.380 e. The van der Waals surface area contributed by atoms with Crippen molar-refractivity contribution in [2.75, 3.05) is 33.4 Å². The van der Waals surface area contributed by atoms with Crippen LogP contribution >= 0.6 is 0 Å². The van der Waals surface area contributed by atoms with Crippen LogP contribution in [0.3, 0.4) is 0 Å². The summed E-state index contributed by atoms with van der Waals surface area (Å²) in [6.45, 7) is 9.91. The molecule has 1 unspecified atom stereocenters. The van der Waals surface area contributed by atoms with E-state index in [0.29, 0.717) is 39.1 Å². The van der Waals surface area contributed by atoms with Crippen LogP contribution in [-0.4, -0.2) is 56.1 Å². The molecule has 0 bridgehead atoms. The highest BCUT2D eigenvalue weighted by molar-refractivity contribution is 5.87. The van der Waals surface area contributed by atoms with Gasteiger partial charge in [-0.05, 0) is 75.8 Å². The average molecular weight is 414 g/mol. The third-order valence-corrected chi connectivity index (χ3v) is 5.72. The number of hydrogen-bond acceptors (Lipinski definition) is 4. The highest BCUT2D eigenvalue weighted by Gasteiger charge is 2.26. The number of amides is 1. The van der Waals surface area contributed by atoms with Crippen LogP contribution in [0.5, 0.6) is 0 Å². The van der Waals surface area contributed by atoms with E-state index in [1.165, 1.54) is 0 Å². The number of methoxy groups -OCH3 is 1. The predicted octanol–water partition coefficient (Wildman–Crippen LogP) is 3.78.